The number of para-hydroxylation sites is 1. The fourth-order valence-corrected chi connectivity index (χ4v) is 4.19. The van der Waals surface area contributed by atoms with E-state index in [9.17, 15) is 9.59 Å². The molecule has 31 heavy (non-hydrogen) atoms. The van der Waals surface area contributed by atoms with Crippen molar-refractivity contribution in [1.29, 1.82) is 0 Å². The second-order valence-electron chi connectivity index (χ2n) is 6.76. The van der Waals surface area contributed by atoms with Crippen LogP contribution in [0.25, 0.3) is 11.4 Å². The number of rotatable bonds is 7. The summed E-state index contributed by atoms with van der Waals surface area (Å²) in [6, 6.07) is 14.6. The van der Waals surface area contributed by atoms with Crippen LogP contribution in [0.5, 0.6) is 5.75 Å². The van der Waals surface area contributed by atoms with Crippen molar-refractivity contribution in [1.82, 2.24) is 29.6 Å². The van der Waals surface area contributed by atoms with Gasteiger partial charge in [-0.05, 0) is 47.7 Å². The Labute approximate surface area is 182 Å². The number of nitrogens with zero attached hydrogens (tertiary/aromatic N) is 6. The van der Waals surface area contributed by atoms with Crippen LogP contribution in [0.3, 0.4) is 0 Å². The number of aromatic nitrogens is 6. The molecule has 2 heterocycles. The highest BCUT2D eigenvalue weighted by molar-refractivity contribution is 7.98. The SMILES string of the molecule is COc1ccc(C=O)cc1CSc1nnnn1-c1c(C)n(C)n(-c2ccccc2)c1=O. The van der Waals surface area contributed by atoms with E-state index in [1.165, 1.54) is 16.4 Å². The van der Waals surface area contributed by atoms with Crippen molar-refractivity contribution < 1.29 is 9.53 Å². The normalized spacial score (nSPS) is 10.9. The number of carbonyl (C=O) groups is 1. The summed E-state index contributed by atoms with van der Waals surface area (Å²) >= 11 is 1.35. The molecule has 0 aliphatic rings. The van der Waals surface area contributed by atoms with Gasteiger partial charge in [0.1, 0.15) is 12.0 Å². The molecular formula is C21H20N6O3S. The zero-order valence-electron chi connectivity index (χ0n) is 17.2. The number of ether oxygens (including phenoxy) is 1. The van der Waals surface area contributed by atoms with Gasteiger partial charge in [-0.15, -0.1) is 5.10 Å². The standard InChI is InChI=1S/C21H20N6O3S/c1-14-19(20(29)27(25(14)2)17-7-5-4-6-8-17)26-21(22-23-24-26)31-13-16-11-15(12-28)9-10-18(16)30-3/h4-12H,13H2,1-3H3. The van der Waals surface area contributed by atoms with E-state index in [0.29, 0.717) is 27.9 Å². The van der Waals surface area contributed by atoms with Crippen LogP contribution in [0, 0.1) is 6.92 Å². The first-order valence-corrected chi connectivity index (χ1v) is 10.4. The fourth-order valence-electron chi connectivity index (χ4n) is 3.33. The van der Waals surface area contributed by atoms with Crippen molar-refractivity contribution in [3.63, 3.8) is 0 Å². The van der Waals surface area contributed by atoms with E-state index in [-0.39, 0.29) is 5.56 Å². The maximum Gasteiger partial charge on any atom is 0.297 e. The monoisotopic (exact) mass is 436 g/mol. The van der Waals surface area contributed by atoms with Crippen molar-refractivity contribution in [2.45, 2.75) is 17.8 Å². The molecule has 158 valence electrons. The predicted molar refractivity (Wildman–Crippen MR) is 116 cm³/mol. The summed E-state index contributed by atoms with van der Waals surface area (Å²) in [7, 11) is 3.40. The number of carbonyl (C=O) groups excluding carboxylic acids is 1. The third-order valence-electron chi connectivity index (χ3n) is 4.97. The third-order valence-corrected chi connectivity index (χ3v) is 5.94. The van der Waals surface area contributed by atoms with Gasteiger partial charge in [0.05, 0.1) is 18.5 Å². The predicted octanol–water partition coefficient (Wildman–Crippen LogP) is 2.57. The molecule has 2 aromatic carbocycles. The molecule has 0 atom stereocenters. The summed E-state index contributed by atoms with van der Waals surface area (Å²) in [6.07, 6.45) is 0.789. The molecule has 2 aromatic heterocycles. The van der Waals surface area contributed by atoms with Gasteiger partial charge in [0.2, 0.25) is 5.16 Å². The Bertz CT molecular complexity index is 1290. The Hall–Kier alpha value is -3.66. The first-order valence-electron chi connectivity index (χ1n) is 9.42. The molecule has 4 aromatic rings. The Morgan fingerprint density at radius 3 is 2.65 bits per heavy atom. The van der Waals surface area contributed by atoms with Crippen LogP contribution in [0.4, 0.5) is 0 Å². The highest BCUT2D eigenvalue weighted by Gasteiger charge is 2.22. The molecule has 10 heteroatoms. The average Bonchev–Trinajstić information content (AvgIpc) is 3.34. The zero-order valence-corrected chi connectivity index (χ0v) is 18.0. The molecule has 0 unspecified atom stereocenters. The number of methoxy groups -OCH3 is 1. The van der Waals surface area contributed by atoms with Crippen LogP contribution in [0.2, 0.25) is 0 Å². The number of tetrazole rings is 1. The molecule has 0 saturated carbocycles. The van der Waals surface area contributed by atoms with E-state index >= 15 is 0 Å². The van der Waals surface area contributed by atoms with Gasteiger partial charge in [-0.25, -0.2) is 4.68 Å². The molecule has 0 radical (unpaired) electrons. The Kier molecular flexibility index (Phi) is 5.72. The van der Waals surface area contributed by atoms with Gasteiger partial charge in [-0.3, -0.25) is 14.3 Å². The van der Waals surface area contributed by atoms with E-state index in [2.05, 4.69) is 15.5 Å². The Morgan fingerprint density at radius 2 is 1.94 bits per heavy atom. The lowest BCUT2D eigenvalue weighted by Gasteiger charge is -2.08. The molecule has 0 spiro atoms. The number of hydrogen-bond donors (Lipinski definition) is 0. The summed E-state index contributed by atoms with van der Waals surface area (Å²) in [5.74, 6) is 1.13. The van der Waals surface area contributed by atoms with Crippen LogP contribution in [0.15, 0.2) is 58.5 Å². The summed E-state index contributed by atoms with van der Waals surface area (Å²) in [4.78, 5) is 24.4. The van der Waals surface area contributed by atoms with Crippen molar-refractivity contribution in [2.24, 2.45) is 7.05 Å². The lowest BCUT2D eigenvalue weighted by atomic mass is 10.1. The molecule has 4 rings (SSSR count). The summed E-state index contributed by atoms with van der Waals surface area (Å²) in [6.45, 7) is 1.85. The van der Waals surface area contributed by atoms with E-state index in [4.69, 9.17) is 4.74 Å². The van der Waals surface area contributed by atoms with Gasteiger partial charge in [0, 0.05) is 23.9 Å². The van der Waals surface area contributed by atoms with Gasteiger partial charge in [0.25, 0.3) is 5.56 Å². The number of hydrogen-bond acceptors (Lipinski definition) is 7. The van der Waals surface area contributed by atoms with Gasteiger partial charge in [0.15, 0.2) is 5.69 Å². The molecule has 0 fully saturated rings. The highest BCUT2D eigenvalue weighted by Crippen LogP contribution is 2.28. The first-order chi connectivity index (χ1) is 15.0. The van der Waals surface area contributed by atoms with Crippen LogP contribution >= 0.6 is 11.8 Å². The van der Waals surface area contributed by atoms with Crippen LogP contribution in [-0.2, 0) is 12.8 Å². The topological polar surface area (TPSA) is 96.8 Å². The van der Waals surface area contributed by atoms with Crippen molar-refractivity contribution in [3.8, 4) is 17.1 Å². The minimum Gasteiger partial charge on any atom is -0.496 e. The minimum atomic E-state index is -0.221. The van der Waals surface area contributed by atoms with Crippen LogP contribution in [0.1, 0.15) is 21.6 Å². The van der Waals surface area contributed by atoms with Gasteiger partial charge in [-0.1, -0.05) is 30.0 Å². The highest BCUT2D eigenvalue weighted by atomic mass is 32.2. The Morgan fingerprint density at radius 1 is 1.16 bits per heavy atom. The molecule has 0 aliphatic heterocycles. The molecular weight excluding hydrogens is 416 g/mol. The van der Waals surface area contributed by atoms with E-state index < -0.39 is 0 Å². The average molecular weight is 436 g/mol. The largest absolute Gasteiger partial charge is 0.496 e. The summed E-state index contributed by atoms with van der Waals surface area (Å²) in [5, 5.41) is 12.4. The van der Waals surface area contributed by atoms with Gasteiger partial charge < -0.3 is 4.74 Å². The van der Waals surface area contributed by atoms with Crippen molar-refractivity contribution in [3.05, 3.63) is 75.7 Å². The maximum atomic E-state index is 13.3. The zero-order chi connectivity index (χ0) is 22.0. The minimum absolute atomic E-state index is 0.221. The molecule has 0 bridgehead atoms. The maximum absolute atomic E-state index is 13.3. The number of benzene rings is 2. The molecule has 0 amide bonds. The quantitative estimate of drug-likeness (QED) is 0.324. The van der Waals surface area contributed by atoms with E-state index in [0.717, 1.165) is 23.2 Å². The lowest BCUT2D eigenvalue weighted by Crippen LogP contribution is -2.22. The van der Waals surface area contributed by atoms with Crippen molar-refractivity contribution >= 4 is 18.0 Å². The van der Waals surface area contributed by atoms with E-state index in [1.54, 1.807) is 34.7 Å². The smallest absolute Gasteiger partial charge is 0.297 e. The van der Waals surface area contributed by atoms with Crippen molar-refractivity contribution in [2.75, 3.05) is 7.11 Å². The molecule has 0 N–H and O–H groups in total. The summed E-state index contributed by atoms with van der Waals surface area (Å²) < 4.78 is 10.2. The summed E-state index contributed by atoms with van der Waals surface area (Å²) in [5.41, 5.74) is 3.03. The molecule has 0 saturated heterocycles. The molecule has 0 aliphatic carbocycles. The number of aldehydes is 1. The first kappa shape index (κ1) is 20.6. The van der Waals surface area contributed by atoms with Crippen LogP contribution in [-0.4, -0.2) is 43.0 Å². The third kappa shape index (κ3) is 3.77. The second-order valence-corrected chi connectivity index (χ2v) is 7.70. The number of thioether (sulfide) groups is 1. The lowest BCUT2D eigenvalue weighted by molar-refractivity contribution is 0.112. The Balaban J connectivity index is 1.71. The van der Waals surface area contributed by atoms with Gasteiger partial charge in [-0.2, -0.15) is 4.68 Å². The molecule has 9 nitrogen and oxygen atoms in total. The van der Waals surface area contributed by atoms with Gasteiger partial charge >= 0.3 is 0 Å². The van der Waals surface area contributed by atoms with Crippen LogP contribution < -0.4 is 10.3 Å². The van der Waals surface area contributed by atoms with E-state index in [1.807, 2.05) is 44.3 Å². The second kappa shape index (κ2) is 8.60. The fraction of sp³-hybridized carbons (Fsp3) is 0.190.